The molecule has 1 aliphatic heterocycles. The van der Waals surface area contributed by atoms with Crippen molar-refractivity contribution < 1.29 is 32.4 Å². The highest BCUT2D eigenvalue weighted by Gasteiger charge is 2.31. The summed E-state index contributed by atoms with van der Waals surface area (Å²) in [6, 6.07) is 6.73. The Bertz CT molecular complexity index is 991. The summed E-state index contributed by atoms with van der Waals surface area (Å²) in [6.07, 6.45) is -2.79. The molecule has 2 aromatic rings. The van der Waals surface area contributed by atoms with Gasteiger partial charge < -0.3 is 19.7 Å². The summed E-state index contributed by atoms with van der Waals surface area (Å²) >= 11 is 0. The predicted molar refractivity (Wildman–Crippen MR) is 111 cm³/mol. The number of carbonyl (C=O) groups is 1. The fourth-order valence-electron chi connectivity index (χ4n) is 3.40. The zero-order valence-electron chi connectivity index (χ0n) is 17.3. The molecule has 0 atom stereocenters. The standard InChI is InChI=1S/C21H22F3N3O5/c1-31-10-11-32-19-7-5-15(21(22,23)24)13-16(19)25-20(28)14-4-6-17(18(12-14)27(29)30)26-8-2-3-9-26/h4-7,12-13H,2-3,8-11H2,1H3,(H,25,28). The number of benzene rings is 2. The third kappa shape index (κ3) is 5.47. The molecule has 1 saturated heterocycles. The Morgan fingerprint density at radius 1 is 1.16 bits per heavy atom. The molecule has 0 aliphatic carbocycles. The summed E-state index contributed by atoms with van der Waals surface area (Å²) in [4.78, 5) is 25.6. The van der Waals surface area contributed by atoms with Gasteiger partial charge in [-0.2, -0.15) is 13.2 Å². The number of carbonyl (C=O) groups excluding carboxylic acids is 1. The molecule has 0 radical (unpaired) electrons. The van der Waals surface area contributed by atoms with Crippen LogP contribution in [0.15, 0.2) is 36.4 Å². The van der Waals surface area contributed by atoms with E-state index < -0.39 is 22.6 Å². The number of hydrogen-bond donors (Lipinski definition) is 1. The molecule has 0 spiro atoms. The van der Waals surface area contributed by atoms with E-state index in [1.807, 2.05) is 4.90 Å². The smallest absolute Gasteiger partial charge is 0.416 e. The highest BCUT2D eigenvalue weighted by molar-refractivity contribution is 6.06. The number of nitrogens with one attached hydrogen (secondary N) is 1. The molecule has 172 valence electrons. The van der Waals surface area contributed by atoms with E-state index in [9.17, 15) is 28.1 Å². The number of anilines is 2. The highest BCUT2D eigenvalue weighted by Crippen LogP contribution is 2.36. The number of ether oxygens (including phenoxy) is 2. The van der Waals surface area contributed by atoms with Crippen LogP contribution in [0.25, 0.3) is 0 Å². The topological polar surface area (TPSA) is 93.9 Å². The second kappa shape index (κ2) is 9.86. The van der Waals surface area contributed by atoms with E-state index in [0.29, 0.717) is 18.8 Å². The van der Waals surface area contributed by atoms with Gasteiger partial charge in [-0.3, -0.25) is 14.9 Å². The van der Waals surface area contributed by atoms with Gasteiger partial charge in [0.15, 0.2) is 0 Å². The minimum atomic E-state index is -4.62. The van der Waals surface area contributed by atoms with E-state index >= 15 is 0 Å². The fraction of sp³-hybridized carbons (Fsp3) is 0.381. The molecule has 11 heteroatoms. The number of nitro benzene ring substituents is 1. The average Bonchev–Trinajstić information content (AvgIpc) is 3.28. The van der Waals surface area contributed by atoms with Crippen molar-refractivity contribution in [1.82, 2.24) is 0 Å². The Morgan fingerprint density at radius 2 is 1.88 bits per heavy atom. The first-order valence-corrected chi connectivity index (χ1v) is 9.88. The molecule has 32 heavy (non-hydrogen) atoms. The van der Waals surface area contributed by atoms with Crippen LogP contribution in [0.2, 0.25) is 0 Å². The minimum Gasteiger partial charge on any atom is -0.489 e. The van der Waals surface area contributed by atoms with Gasteiger partial charge in [0.1, 0.15) is 18.0 Å². The van der Waals surface area contributed by atoms with Gasteiger partial charge >= 0.3 is 6.18 Å². The minimum absolute atomic E-state index is 0.0200. The number of halogens is 3. The number of hydrogen-bond acceptors (Lipinski definition) is 6. The van der Waals surface area contributed by atoms with E-state index in [4.69, 9.17) is 9.47 Å². The second-order valence-electron chi connectivity index (χ2n) is 7.16. The normalized spacial score (nSPS) is 13.8. The van der Waals surface area contributed by atoms with E-state index in [2.05, 4.69) is 5.32 Å². The molecule has 1 fully saturated rings. The molecule has 1 heterocycles. The SMILES string of the molecule is COCCOc1ccc(C(F)(F)F)cc1NC(=O)c1ccc(N2CCCC2)c([N+](=O)[O-])c1. The molecule has 0 aromatic heterocycles. The van der Waals surface area contributed by atoms with E-state index in [-0.39, 0.29) is 35.9 Å². The number of nitro groups is 1. The molecule has 0 unspecified atom stereocenters. The van der Waals surface area contributed by atoms with Crippen molar-refractivity contribution in [2.75, 3.05) is 43.6 Å². The largest absolute Gasteiger partial charge is 0.489 e. The van der Waals surface area contributed by atoms with Crippen LogP contribution in [0.4, 0.5) is 30.2 Å². The summed E-state index contributed by atoms with van der Waals surface area (Å²) in [7, 11) is 1.44. The zero-order chi connectivity index (χ0) is 23.3. The molecule has 1 amide bonds. The molecule has 8 nitrogen and oxygen atoms in total. The van der Waals surface area contributed by atoms with Crippen molar-refractivity contribution in [2.24, 2.45) is 0 Å². The quantitative estimate of drug-likeness (QED) is 0.360. The van der Waals surface area contributed by atoms with Crippen LogP contribution in [0.5, 0.6) is 5.75 Å². The first-order valence-electron chi connectivity index (χ1n) is 9.88. The molecule has 2 aromatic carbocycles. The molecule has 1 aliphatic rings. The maximum Gasteiger partial charge on any atom is 0.416 e. The van der Waals surface area contributed by atoms with Crippen LogP contribution in [-0.4, -0.2) is 44.2 Å². The molecule has 0 saturated carbocycles. The lowest BCUT2D eigenvalue weighted by molar-refractivity contribution is -0.384. The molecule has 3 rings (SSSR count). The molecular formula is C21H22F3N3O5. The fourth-order valence-corrected chi connectivity index (χ4v) is 3.40. The van der Waals surface area contributed by atoms with Crippen molar-refractivity contribution in [3.05, 3.63) is 57.6 Å². The maximum absolute atomic E-state index is 13.1. The Balaban J connectivity index is 1.89. The number of nitrogens with zero attached hydrogens (tertiary/aromatic N) is 2. The predicted octanol–water partition coefficient (Wildman–Crippen LogP) is 4.49. The summed E-state index contributed by atoms with van der Waals surface area (Å²) in [6.45, 7) is 1.61. The number of amides is 1. The van der Waals surface area contributed by atoms with E-state index in [1.165, 1.54) is 19.2 Å². The van der Waals surface area contributed by atoms with Gasteiger partial charge in [0.05, 0.1) is 22.8 Å². The summed E-state index contributed by atoms with van der Waals surface area (Å²) in [5, 5.41) is 13.9. The van der Waals surface area contributed by atoms with Crippen LogP contribution in [0.1, 0.15) is 28.8 Å². The Labute approximate surface area is 182 Å². The monoisotopic (exact) mass is 453 g/mol. The summed E-state index contributed by atoms with van der Waals surface area (Å²) < 4.78 is 49.7. The van der Waals surface area contributed by atoms with Gasteiger partial charge in [0.25, 0.3) is 11.6 Å². The van der Waals surface area contributed by atoms with Crippen molar-refractivity contribution in [1.29, 1.82) is 0 Å². The van der Waals surface area contributed by atoms with Crippen LogP contribution < -0.4 is 15.0 Å². The van der Waals surface area contributed by atoms with Crippen LogP contribution in [0, 0.1) is 10.1 Å². The summed E-state index contributed by atoms with van der Waals surface area (Å²) in [5.41, 5.74) is -1.05. The lowest BCUT2D eigenvalue weighted by Crippen LogP contribution is -2.20. The molecule has 0 bridgehead atoms. The highest BCUT2D eigenvalue weighted by atomic mass is 19.4. The molecular weight excluding hydrogens is 431 g/mol. The van der Waals surface area contributed by atoms with Gasteiger partial charge in [-0.15, -0.1) is 0 Å². The van der Waals surface area contributed by atoms with Crippen molar-refractivity contribution in [3.63, 3.8) is 0 Å². The Hall–Kier alpha value is -3.34. The van der Waals surface area contributed by atoms with Gasteiger partial charge in [-0.1, -0.05) is 0 Å². The van der Waals surface area contributed by atoms with Gasteiger partial charge in [-0.25, -0.2) is 0 Å². The second-order valence-corrected chi connectivity index (χ2v) is 7.16. The van der Waals surface area contributed by atoms with Gasteiger partial charge in [0.2, 0.25) is 0 Å². The van der Waals surface area contributed by atoms with E-state index in [0.717, 1.165) is 37.1 Å². The van der Waals surface area contributed by atoms with E-state index in [1.54, 1.807) is 0 Å². The van der Waals surface area contributed by atoms with Crippen LogP contribution in [0.3, 0.4) is 0 Å². The average molecular weight is 453 g/mol. The first-order chi connectivity index (χ1) is 15.2. The number of alkyl halides is 3. The van der Waals surface area contributed by atoms with Gasteiger partial charge in [-0.05, 0) is 43.2 Å². The van der Waals surface area contributed by atoms with Crippen LogP contribution in [-0.2, 0) is 10.9 Å². The third-order valence-electron chi connectivity index (χ3n) is 4.98. The number of methoxy groups -OCH3 is 1. The zero-order valence-corrected chi connectivity index (χ0v) is 17.3. The maximum atomic E-state index is 13.1. The third-order valence-corrected chi connectivity index (χ3v) is 4.98. The van der Waals surface area contributed by atoms with Crippen molar-refractivity contribution in [3.8, 4) is 5.75 Å². The lowest BCUT2D eigenvalue weighted by atomic mass is 10.1. The van der Waals surface area contributed by atoms with Gasteiger partial charge in [0, 0.05) is 31.8 Å². The first kappa shape index (κ1) is 23.3. The van der Waals surface area contributed by atoms with Crippen molar-refractivity contribution >= 4 is 23.0 Å². The Morgan fingerprint density at radius 3 is 2.50 bits per heavy atom. The number of rotatable bonds is 8. The Kier molecular flexibility index (Phi) is 7.18. The summed E-state index contributed by atoms with van der Waals surface area (Å²) in [5.74, 6) is -0.774. The van der Waals surface area contributed by atoms with Crippen molar-refractivity contribution in [2.45, 2.75) is 19.0 Å². The van der Waals surface area contributed by atoms with Crippen LogP contribution >= 0.6 is 0 Å². The lowest BCUT2D eigenvalue weighted by Gasteiger charge is -2.18. The molecule has 1 N–H and O–H groups in total.